The number of rotatable bonds is 4. The fourth-order valence-electron chi connectivity index (χ4n) is 5.43. The quantitative estimate of drug-likeness (QED) is 0.591. The number of amides is 1. The molecule has 0 aliphatic carbocycles. The highest BCUT2D eigenvalue weighted by Gasteiger charge is 2.43. The van der Waals surface area contributed by atoms with Crippen molar-refractivity contribution in [1.82, 2.24) is 19.2 Å². The van der Waals surface area contributed by atoms with Crippen LogP contribution in [-0.4, -0.2) is 76.7 Å². The lowest BCUT2D eigenvalue weighted by molar-refractivity contribution is -0.159. The summed E-state index contributed by atoms with van der Waals surface area (Å²) in [5.74, 6) is 0.233. The summed E-state index contributed by atoms with van der Waals surface area (Å²) in [7, 11) is 0. The van der Waals surface area contributed by atoms with Gasteiger partial charge in [-0.3, -0.25) is 9.69 Å². The smallest absolute Gasteiger partial charge is 0.228 e. The Hall–Kier alpha value is -2.45. The third-order valence-electron chi connectivity index (χ3n) is 7.00. The van der Waals surface area contributed by atoms with Crippen molar-refractivity contribution >= 4 is 23.2 Å². The summed E-state index contributed by atoms with van der Waals surface area (Å²) in [6, 6.07) is 14.1. The molecule has 6 rings (SSSR count). The molecule has 0 radical (unpaired) electrons. The summed E-state index contributed by atoms with van der Waals surface area (Å²) in [6.45, 7) is 4.74. The molecular formula is C25H27ClN4O3. The average Bonchev–Trinajstić information content (AvgIpc) is 3.48. The van der Waals surface area contributed by atoms with E-state index < -0.39 is 0 Å². The van der Waals surface area contributed by atoms with Crippen LogP contribution in [0.15, 0.2) is 48.7 Å². The van der Waals surface area contributed by atoms with Crippen LogP contribution in [0.5, 0.6) is 0 Å². The van der Waals surface area contributed by atoms with Gasteiger partial charge in [-0.25, -0.2) is 4.98 Å². The fraction of sp³-hybridized carbons (Fsp3) is 0.440. The van der Waals surface area contributed by atoms with Crippen LogP contribution in [0.25, 0.3) is 16.9 Å². The molecule has 2 bridgehead atoms. The van der Waals surface area contributed by atoms with Gasteiger partial charge in [-0.15, -0.1) is 0 Å². The number of hydrogen-bond acceptors (Lipinski definition) is 5. The number of ether oxygens (including phenoxy) is 2. The first-order valence-electron chi connectivity index (χ1n) is 11.6. The highest BCUT2D eigenvalue weighted by atomic mass is 35.5. The number of piperazine rings is 1. The normalized spacial score (nSPS) is 25.6. The predicted molar refractivity (Wildman–Crippen MR) is 125 cm³/mol. The highest BCUT2D eigenvalue weighted by Crippen LogP contribution is 2.30. The molecular weight excluding hydrogens is 440 g/mol. The maximum absolute atomic E-state index is 13.2. The maximum atomic E-state index is 13.2. The Morgan fingerprint density at radius 3 is 2.55 bits per heavy atom. The number of carbonyl (C=O) groups excluding carboxylic acids is 1. The van der Waals surface area contributed by atoms with E-state index in [9.17, 15) is 4.79 Å². The van der Waals surface area contributed by atoms with E-state index in [0.717, 1.165) is 48.7 Å². The molecule has 33 heavy (non-hydrogen) atoms. The lowest BCUT2D eigenvalue weighted by atomic mass is 9.99. The molecule has 3 aromatic rings. The van der Waals surface area contributed by atoms with E-state index in [1.165, 1.54) is 0 Å². The van der Waals surface area contributed by atoms with E-state index in [1.807, 2.05) is 42.5 Å². The number of pyridine rings is 1. The third kappa shape index (κ3) is 3.93. The topological polar surface area (TPSA) is 59.3 Å². The Kier molecular flexibility index (Phi) is 5.58. The van der Waals surface area contributed by atoms with Crippen molar-refractivity contribution in [1.29, 1.82) is 0 Å². The van der Waals surface area contributed by atoms with Gasteiger partial charge in [-0.05, 0) is 30.7 Å². The van der Waals surface area contributed by atoms with Gasteiger partial charge in [-0.1, -0.05) is 29.8 Å². The summed E-state index contributed by atoms with van der Waals surface area (Å²) in [5.41, 5.74) is 4.10. The van der Waals surface area contributed by atoms with Gasteiger partial charge in [-0.2, -0.15) is 0 Å². The summed E-state index contributed by atoms with van der Waals surface area (Å²) in [4.78, 5) is 22.7. The first-order valence-corrected chi connectivity index (χ1v) is 12.0. The molecule has 3 aliphatic heterocycles. The zero-order chi connectivity index (χ0) is 22.4. The van der Waals surface area contributed by atoms with Gasteiger partial charge < -0.3 is 18.8 Å². The highest BCUT2D eigenvalue weighted by molar-refractivity contribution is 6.30. The van der Waals surface area contributed by atoms with Crippen LogP contribution in [0.2, 0.25) is 5.02 Å². The first kappa shape index (κ1) is 21.1. The maximum Gasteiger partial charge on any atom is 0.228 e. The van der Waals surface area contributed by atoms with Gasteiger partial charge in [0.1, 0.15) is 5.65 Å². The lowest BCUT2D eigenvalue weighted by Gasteiger charge is -2.50. The number of imidazole rings is 1. The molecule has 1 aromatic carbocycles. The van der Waals surface area contributed by atoms with Crippen molar-refractivity contribution in [3.05, 3.63) is 59.4 Å². The van der Waals surface area contributed by atoms with Crippen LogP contribution in [0, 0.1) is 5.92 Å². The summed E-state index contributed by atoms with van der Waals surface area (Å²) >= 11 is 6.13. The SMILES string of the molecule is O=C(C1CCOC1)N1C2COCC1CN(Cc1c(-c3ccc(Cl)cc3)nc3ccccn13)C2. The molecule has 5 heterocycles. The minimum atomic E-state index is -0.00469. The van der Waals surface area contributed by atoms with Crippen LogP contribution in [0.4, 0.5) is 0 Å². The molecule has 3 saturated heterocycles. The van der Waals surface area contributed by atoms with Crippen molar-refractivity contribution in [2.45, 2.75) is 25.0 Å². The van der Waals surface area contributed by atoms with Gasteiger partial charge in [0.25, 0.3) is 0 Å². The second kappa shape index (κ2) is 8.72. The number of benzene rings is 1. The average molecular weight is 467 g/mol. The van der Waals surface area contributed by atoms with Crippen LogP contribution in [0.1, 0.15) is 12.1 Å². The summed E-state index contributed by atoms with van der Waals surface area (Å²) in [5, 5.41) is 0.713. The largest absolute Gasteiger partial charge is 0.381 e. The Balaban J connectivity index is 1.29. The Labute approximate surface area is 197 Å². The number of hydrogen-bond donors (Lipinski definition) is 0. The molecule has 2 aromatic heterocycles. The Morgan fingerprint density at radius 2 is 1.82 bits per heavy atom. The van der Waals surface area contributed by atoms with Crippen LogP contribution in [0.3, 0.4) is 0 Å². The third-order valence-corrected chi connectivity index (χ3v) is 7.25. The van der Waals surface area contributed by atoms with Crippen LogP contribution >= 0.6 is 11.6 Å². The molecule has 3 unspecified atom stereocenters. The van der Waals surface area contributed by atoms with Crippen molar-refractivity contribution in [3.8, 4) is 11.3 Å². The first-order chi connectivity index (χ1) is 16.2. The van der Waals surface area contributed by atoms with E-state index in [2.05, 4.69) is 20.4 Å². The molecule has 0 N–H and O–H groups in total. The van der Waals surface area contributed by atoms with Crippen molar-refractivity contribution in [2.75, 3.05) is 39.5 Å². The lowest BCUT2D eigenvalue weighted by Crippen LogP contribution is -2.66. The molecule has 3 aliphatic rings. The fourth-order valence-corrected chi connectivity index (χ4v) is 5.55. The molecule has 172 valence electrons. The Morgan fingerprint density at radius 1 is 1.03 bits per heavy atom. The molecule has 8 heteroatoms. The van der Waals surface area contributed by atoms with Gasteiger partial charge in [0.05, 0.1) is 49.2 Å². The number of halogens is 1. The standard InChI is InChI=1S/C25H27ClN4O3/c26-19-6-4-17(5-7-19)24-22(29-9-2-1-3-23(29)27-24)13-28-11-20-15-33-16-21(12-28)30(20)25(31)18-8-10-32-14-18/h1-7,9,18,20-21H,8,10-16H2. The number of nitrogens with zero attached hydrogens (tertiary/aromatic N) is 4. The second-order valence-electron chi connectivity index (χ2n) is 9.19. The number of morpholine rings is 1. The molecule has 3 atom stereocenters. The zero-order valence-electron chi connectivity index (χ0n) is 18.4. The van der Waals surface area contributed by atoms with Crippen molar-refractivity contribution < 1.29 is 14.3 Å². The van der Waals surface area contributed by atoms with Crippen LogP contribution in [-0.2, 0) is 20.8 Å². The number of fused-ring (bicyclic) bond motifs is 3. The van der Waals surface area contributed by atoms with Crippen molar-refractivity contribution in [2.24, 2.45) is 5.92 Å². The van der Waals surface area contributed by atoms with Crippen LogP contribution < -0.4 is 0 Å². The minimum Gasteiger partial charge on any atom is -0.381 e. The van der Waals surface area contributed by atoms with Crippen molar-refractivity contribution in [3.63, 3.8) is 0 Å². The molecule has 3 fully saturated rings. The molecule has 0 saturated carbocycles. The molecule has 1 amide bonds. The number of carbonyl (C=O) groups is 1. The van der Waals surface area contributed by atoms with Gasteiger partial charge in [0, 0.05) is 43.0 Å². The predicted octanol–water partition coefficient (Wildman–Crippen LogP) is 3.10. The Bertz CT molecular complexity index is 1140. The monoisotopic (exact) mass is 466 g/mol. The van der Waals surface area contributed by atoms with E-state index >= 15 is 0 Å². The van der Waals surface area contributed by atoms with Gasteiger partial charge >= 0.3 is 0 Å². The summed E-state index contributed by atoms with van der Waals surface area (Å²) in [6.07, 6.45) is 2.90. The molecule has 0 spiro atoms. The van der Waals surface area contributed by atoms with Gasteiger partial charge in [0.15, 0.2) is 0 Å². The number of aromatic nitrogens is 2. The van der Waals surface area contributed by atoms with Gasteiger partial charge in [0.2, 0.25) is 5.91 Å². The van der Waals surface area contributed by atoms with E-state index in [1.54, 1.807) is 0 Å². The second-order valence-corrected chi connectivity index (χ2v) is 9.62. The minimum absolute atomic E-state index is 0.00469. The van der Waals surface area contributed by atoms with E-state index in [0.29, 0.717) is 31.5 Å². The summed E-state index contributed by atoms with van der Waals surface area (Å²) < 4.78 is 13.5. The van der Waals surface area contributed by atoms with E-state index in [-0.39, 0.29) is 23.9 Å². The zero-order valence-corrected chi connectivity index (χ0v) is 19.2. The van der Waals surface area contributed by atoms with E-state index in [4.69, 9.17) is 26.1 Å². The molecule has 7 nitrogen and oxygen atoms in total.